The molecule has 3 aromatic heterocycles. The highest BCUT2D eigenvalue weighted by atomic mass is 79.9. The average Bonchev–Trinajstić information content (AvgIpc) is 3.13. The van der Waals surface area contributed by atoms with Gasteiger partial charge in [-0.15, -0.1) is 11.3 Å². The molecule has 0 saturated carbocycles. The second kappa shape index (κ2) is 7.87. The molecule has 0 saturated heterocycles. The number of aromatic nitrogens is 3. The van der Waals surface area contributed by atoms with Crippen LogP contribution in [0.3, 0.4) is 0 Å². The van der Waals surface area contributed by atoms with Crippen molar-refractivity contribution in [3.8, 4) is 22.6 Å². The lowest BCUT2D eigenvalue weighted by Crippen LogP contribution is -1.95. The number of fused-ring (bicyclic) bond motifs is 3. The molecular weight excluding hydrogens is 458 g/mol. The maximum absolute atomic E-state index is 5.48. The molecule has 4 nitrogen and oxygen atoms in total. The third-order valence-corrected chi connectivity index (χ3v) is 6.55. The summed E-state index contributed by atoms with van der Waals surface area (Å²) >= 11 is 5.17. The Labute approximate surface area is 186 Å². The van der Waals surface area contributed by atoms with E-state index in [1.807, 2.05) is 49.4 Å². The van der Waals surface area contributed by atoms with Gasteiger partial charge in [-0.25, -0.2) is 15.0 Å². The lowest BCUT2D eigenvalue weighted by molar-refractivity contribution is 0.186. The third-order valence-electron chi connectivity index (χ3n) is 4.95. The number of rotatable bonds is 4. The van der Waals surface area contributed by atoms with Gasteiger partial charge in [0.25, 0.3) is 0 Å². The number of halogens is 1. The van der Waals surface area contributed by atoms with E-state index in [1.54, 1.807) is 18.4 Å². The quantitative estimate of drug-likeness (QED) is 0.287. The topological polar surface area (TPSA) is 47.9 Å². The van der Waals surface area contributed by atoms with Crippen molar-refractivity contribution in [2.45, 2.75) is 13.5 Å². The first kappa shape index (κ1) is 19.3. The van der Waals surface area contributed by atoms with Crippen molar-refractivity contribution in [1.29, 1.82) is 0 Å². The van der Waals surface area contributed by atoms with Gasteiger partial charge < -0.3 is 4.74 Å². The zero-order valence-corrected chi connectivity index (χ0v) is 18.9. The van der Waals surface area contributed by atoms with Gasteiger partial charge in [0.05, 0.1) is 22.5 Å². The van der Waals surface area contributed by atoms with Crippen molar-refractivity contribution in [3.05, 3.63) is 76.4 Å². The molecule has 0 aliphatic heterocycles. The predicted molar refractivity (Wildman–Crippen MR) is 127 cm³/mol. The minimum Gasteiger partial charge on any atom is -0.380 e. The van der Waals surface area contributed by atoms with Crippen LogP contribution in [-0.2, 0) is 11.3 Å². The van der Waals surface area contributed by atoms with Gasteiger partial charge in [0.2, 0.25) is 0 Å². The van der Waals surface area contributed by atoms with E-state index in [-0.39, 0.29) is 0 Å². The summed E-state index contributed by atoms with van der Waals surface area (Å²) in [5, 5.41) is 1.06. The van der Waals surface area contributed by atoms with Crippen LogP contribution in [0.2, 0.25) is 0 Å². The second-order valence-corrected chi connectivity index (χ2v) is 9.00. The molecule has 0 atom stereocenters. The number of methoxy groups -OCH3 is 1. The minimum absolute atomic E-state index is 0.518. The van der Waals surface area contributed by atoms with Gasteiger partial charge in [-0.1, -0.05) is 58.4 Å². The lowest BCUT2D eigenvalue weighted by Gasteiger charge is -2.08. The molecule has 3 heterocycles. The third kappa shape index (κ3) is 3.41. The number of aryl methyl sites for hydroxylation is 1. The summed E-state index contributed by atoms with van der Waals surface area (Å²) in [6, 6.07) is 20.4. The van der Waals surface area contributed by atoms with Gasteiger partial charge in [-0.05, 0) is 30.7 Å². The summed E-state index contributed by atoms with van der Waals surface area (Å²) in [6.07, 6.45) is 0. The van der Waals surface area contributed by atoms with Crippen LogP contribution in [-0.4, -0.2) is 22.1 Å². The van der Waals surface area contributed by atoms with Gasteiger partial charge in [0.15, 0.2) is 5.82 Å². The Morgan fingerprint density at radius 3 is 2.43 bits per heavy atom. The van der Waals surface area contributed by atoms with Gasteiger partial charge >= 0.3 is 0 Å². The minimum atomic E-state index is 0.518. The van der Waals surface area contributed by atoms with Gasteiger partial charge in [-0.3, -0.25) is 0 Å². The van der Waals surface area contributed by atoms with Crippen molar-refractivity contribution in [1.82, 2.24) is 15.0 Å². The fraction of sp³-hybridized carbons (Fsp3) is 0.125. The number of thiophene rings is 1. The molecule has 0 N–H and O–H groups in total. The molecule has 0 radical (unpaired) electrons. The molecular formula is C24H18BrN3OS. The van der Waals surface area contributed by atoms with E-state index in [9.17, 15) is 0 Å². The fourth-order valence-corrected chi connectivity index (χ4v) is 5.12. The number of nitrogens with zero attached hydrogens (tertiary/aromatic N) is 3. The van der Waals surface area contributed by atoms with E-state index >= 15 is 0 Å². The van der Waals surface area contributed by atoms with Gasteiger partial charge in [0.1, 0.15) is 4.83 Å². The second-order valence-electron chi connectivity index (χ2n) is 7.08. The molecule has 5 aromatic rings. The van der Waals surface area contributed by atoms with E-state index in [4.69, 9.17) is 19.7 Å². The fourth-order valence-electron chi connectivity index (χ4n) is 3.64. The number of pyridine rings is 1. The van der Waals surface area contributed by atoms with Crippen LogP contribution in [0.5, 0.6) is 0 Å². The summed E-state index contributed by atoms with van der Waals surface area (Å²) < 4.78 is 7.56. The molecule has 0 amide bonds. The Bertz CT molecular complexity index is 1360. The molecule has 0 aliphatic rings. The molecule has 0 fully saturated rings. The zero-order valence-electron chi connectivity index (χ0n) is 16.5. The largest absolute Gasteiger partial charge is 0.380 e. The van der Waals surface area contributed by atoms with Crippen LogP contribution in [0.15, 0.2) is 65.1 Å². The first-order valence-electron chi connectivity index (χ1n) is 9.55. The number of hydrogen-bond acceptors (Lipinski definition) is 5. The van der Waals surface area contributed by atoms with Gasteiger partial charge in [-0.2, -0.15) is 0 Å². The van der Waals surface area contributed by atoms with Crippen molar-refractivity contribution >= 4 is 47.7 Å². The molecule has 30 heavy (non-hydrogen) atoms. The highest BCUT2D eigenvalue weighted by Gasteiger charge is 2.19. The summed E-state index contributed by atoms with van der Waals surface area (Å²) in [5.74, 6) is 0.713. The molecule has 5 rings (SSSR count). The molecule has 0 bridgehead atoms. The summed E-state index contributed by atoms with van der Waals surface area (Å²) in [4.78, 5) is 15.8. The lowest BCUT2D eigenvalue weighted by atomic mass is 10.1. The first-order valence-corrected chi connectivity index (χ1v) is 11.2. The smallest absolute Gasteiger partial charge is 0.160 e. The highest BCUT2D eigenvalue weighted by Crippen LogP contribution is 2.40. The average molecular weight is 476 g/mol. The Balaban J connectivity index is 1.89. The first-order chi connectivity index (χ1) is 14.6. The van der Waals surface area contributed by atoms with Crippen molar-refractivity contribution in [3.63, 3.8) is 0 Å². The van der Waals surface area contributed by atoms with Crippen molar-refractivity contribution in [2.75, 3.05) is 7.11 Å². The Morgan fingerprint density at radius 1 is 0.933 bits per heavy atom. The molecule has 0 spiro atoms. The highest BCUT2D eigenvalue weighted by molar-refractivity contribution is 9.10. The molecule has 6 heteroatoms. The Hall–Kier alpha value is -2.67. The van der Waals surface area contributed by atoms with Crippen molar-refractivity contribution < 1.29 is 4.74 Å². The van der Waals surface area contributed by atoms with E-state index in [0.717, 1.165) is 53.0 Å². The van der Waals surface area contributed by atoms with Crippen LogP contribution >= 0.6 is 27.3 Å². The molecule has 148 valence electrons. The summed E-state index contributed by atoms with van der Waals surface area (Å²) in [5.41, 5.74) is 5.98. The van der Waals surface area contributed by atoms with E-state index in [0.29, 0.717) is 12.4 Å². The van der Waals surface area contributed by atoms with Crippen molar-refractivity contribution in [2.24, 2.45) is 0 Å². The standard InChI is InChI=1S/C24H18BrN3OS/c1-14-12-17(13-29-2)19-21-22(30-24(19)26-14)20(15-8-10-18(25)11-9-15)27-23(28-21)16-6-4-3-5-7-16/h3-12H,13H2,1-2H3. The zero-order chi connectivity index (χ0) is 20.7. The summed E-state index contributed by atoms with van der Waals surface area (Å²) in [6.45, 7) is 2.53. The Kier molecular flexibility index (Phi) is 5.06. The SMILES string of the molecule is COCc1cc(C)nc2sc3c(-c4ccc(Br)cc4)nc(-c4ccccc4)nc3c12. The van der Waals surface area contributed by atoms with E-state index < -0.39 is 0 Å². The number of hydrogen-bond donors (Lipinski definition) is 0. The molecule has 0 unspecified atom stereocenters. The van der Waals surface area contributed by atoms with Gasteiger partial charge in [0, 0.05) is 33.8 Å². The summed E-state index contributed by atoms with van der Waals surface area (Å²) in [7, 11) is 1.72. The number of ether oxygens (including phenoxy) is 1. The van der Waals surface area contributed by atoms with Crippen LogP contribution < -0.4 is 0 Å². The van der Waals surface area contributed by atoms with E-state index in [1.165, 1.54) is 0 Å². The molecule has 2 aromatic carbocycles. The maximum Gasteiger partial charge on any atom is 0.160 e. The monoisotopic (exact) mass is 475 g/mol. The maximum atomic E-state index is 5.48. The van der Waals surface area contributed by atoms with Crippen LogP contribution in [0, 0.1) is 6.92 Å². The van der Waals surface area contributed by atoms with Crippen LogP contribution in [0.25, 0.3) is 43.1 Å². The Morgan fingerprint density at radius 2 is 1.70 bits per heavy atom. The van der Waals surface area contributed by atoms with E-state index in [2.05, 4.69) is 34.1 Å². The predicted octanol–water partition coefficient (Wildman–Crippen LogP) is 6.79. The van der Waals surface area contributed by atoms with Crippen LogP contribution in [0.1, 0.15) is 11.3 Å². The normalized spacial score (nSPS) is 11.4. The van der Waals surface area contributed by atoms with Crippen LogP contribution in [0.4, 0.5) is 0 Å². The number of benzene rings is 2. The molecule has 0 aliphatic carbocycles.